The van der Waals surface area contributed by atoms with E-state index in [0.29, 0.717) is 5.03 Å². The lowest BCUT2D eigenvalue weighted by atomic mass is 9.53. The molecule has 3 amide bonds. The molecule has 0 aromatic carbocycles. The van der Waals surface area contributed by atoms with Crippen molar-refractivity contribution < 1.29 is 14.3 Å². The predicted molar refractivity (Wildman–Crippen MR) is 98.3 cm³/mol. The van der Waals surface area contributed by atoms with Gasteiger partial charge in [-0.3, -0.25) is 10.1 Å². The SMILES string of the molecule is CC(Sc1cccc[n+]1[O-])C(=O)NC(=O)NC12CC3CC(CC(C3)C1)C2. The molecular formula is C19H25N3O3S. The fourth-order valence-corrected chi connectivity index (χ4v) is 6.34. The molecule has 140 valence electrons. The third-order valence-corrected chi connectivity index (χ3v) is 7.23. The topological polar surface area (TPSA) is 85.1 Å². The van der Waals surface area contributed by atoms with E-state index in [1.54, 1.807) is 25.1 Å². The van der Waals surface area contributed by atoms with E-state index in [2.05, 4.69) is 10.6 Å². The summed E-state index contributed by atoms with van der Waals surface area (Å²) in [4.78, 5) is 24.8. The van der Waals surface area contributed by atoms with Crippen LogP contribution in [0, 0.1) is 23.0 Å². The van der Waals surface area contributed by atoms with Gasteiger partial charge < -0.3 is 10.5 Å². The molecule has 0 radical (unpaired) electrons. The first kappa shape index (κ1) is 17.6. The van der Waals surface area contributed by atoms with E-state index in [1.807, 2.05) is 0 Å². The van der Waals surface area contributed by atoms with Gasteiger partial charge in [-0.05, 0) is 81.0 Å². The first-order chi connectivity index (χ1) is 12.4. The van der Waals surface area contributed by atoms with E-state index >= 15 is 0 Å². The van der Waals surface area contributed by atoms with Crippen LogP contribution in [-0.2, 0) is 4.79 Å². The van der Waals surface area contributed by atoms with Crippen molar-refractivity contribution in [1.82, 2.24) is 10.6 Å². The van der Waals surface area contributed by atoms with Crippen molar-refractivity contribution in [3.05, 3.63) is 29.6 Å². The second kappa shape index (κ2) is 6.76. The van der Waals surface area contributed by atoms with Crippen molar-refractivity contribution in [2.24, 2.45) is 17.8 Å². The van der Waals surface area contributed by atoms with Gasteiger partial charge in [0.25, 0.3) is 5.03 Å². The Kier molecular flexibility index (Phi) is 4.59. The molecule has 4 fully saturated rings. The van der Waals surface area contributed by atoms with E-state index in [-0.39, 0.29) is 11.4 Å². The summed E-state index contributed by atoms with van der Waals surface area (Å²) in [6.07, 6.45) is 8.46. The largest absolute Gasteiger partial charge is 0.618 e. The molecule has 1 heterocycles. The van der Waals surface area contributed by atoms with Crippen molar-refractivity contribution in [3.63, 3.8) is 0 Å². The Hall–Kier alpha value is -1.76. The molecule has 5 rings (SSSR count). The van der Waals surface area contributed by atoms with Crippen LogP contribution in [0.1, 0.15) is 45.4 Å². The number of rotatable bonds is 4. The van der Waals surface area contributed by atoms with Gasteiger partial charge in [-0.15, -0.1) is 0 Å². The average Bonchev–Trinajstić information content (AvgIpc) is 2.54. The van der Waals surface area contributed by atoms with Crippen LogP contribution in [0.5, 0.6) is 0 Å². The molecule has 26 heavy (non-hydrogen) atoms. The van der Waals surface area contributed by atoms with Gasteiger partial charge in [-0.25, -0.2) is 4.79 Å². The molecule has 4 bridgehead atoms. The van der Waals surface area contributed by atoms with Crippen molar-refractivity contribution in [3.8, 4) is 0 Å². The summed E-state index contributed by atoms with van der Waals surface area (Å²) in [5.41, 5.74) is -0.118. The van der Waals surface area contributed by atoms with Crippen LogP contribution in [0.25, 0.3) is 0 Å². The van der Waals surface area contributed by atoms with Gasteiger partial charge >= 0.3 is 6.03 Å². The Balaban J connectivity index is 1.33. The number of aromatic nitrogens is 1. The summed E-state index contributed by atoms with van der Waals surface area (Å²) in [5, 5.41) is 17.2. The van der Waals surface area contributed by atoms with E-state index in [1.165, 1.54) is 25.5 Å². The van der Waals surface area contributed by atoms with E-state index < -0.39 is 11.3 Å². The summed E-state index contributed by atoms with van der Waals surface area (Å²) in [6.45, 7) is 1.70. The summed E-state index contributed by atoms with van der Waals surface area (Å²) >= 11 is 1.15. The number of nitrogens with one attached hydrogen (secondary N) is 2. The monoisotopic (exact) mass is 375 g/mol. The molecule has 4 aliphatic rings. The summed E-state index contributed by atoms with van der Waals surface area (Å²) in [7, 11) is 0. The molecule has 0 spiro atoms. The quantitative estimate of drug-likeness (QED) is 0.481. The molecule has 0 saturated heterocycles. The number of imide groups is 1. The number of carbonyl (C=O) groups excluding carboxylic acids is 2. The number of thioether (sulfide) groups is 1. The third-order valence-electron chi connectivity index (χ3n) is 6.11. The number of amides is 3. The maximum absolute atomic E-state index is 12.4. The summed E-state index contributed by atoms with van der Waals surface area (Å²) in [5.74, 6) is 1.83. The third kappa shape index (κ3) is 3.54. The smallest absolute Gasteiger partial charge is 0.321 e. The predicted octanol–water partition coefficient (Wildman–Crippen LogP) is 2.60. The van der Waals surface area contributed by atoms with Gasteiger partial charge in [0.15, 0.2) is 6.20 Å². The number of pyridine rings is 1. The number of hydrogen-bond acceptors (Lipinski definition) is 4. The van der Waals surface area contributed by atoms with Crippen molar-refractivity contribution in [2.45, 2.75) is 61.3 Å². The number of carbonyl (C=O) groups is 2. The van der Waals surface area contributed by atoms with Crippen LogP contribution in [0.15, 0.2) is 29.4 Å². The van der Waals surface area contributed by atoms with Crippen molar-refractivity contribution in [1.29, 1.82) is 0 Å². The molecule has 4 saturated carbocycles. The van der Waals surface area contributed by atoms with Crippen molar-refractivity contribution in [2.75, 3.05) is 0 Å². The van der Waals surface area contributed by atoms with E-state index in [0.717, 1.165) is 53.5 Å². The number of urea groups is 1. The zero-order valence-corrected chi connectivity index (χ0v) is 15.8. The minimum atomic E-state index is -0.528. The number of hydrogen-bond donors (Lipinski definition) is 2. The van der Waals surface area contributed by atoms with Crippen LogP contribution in [0.4, 0.5) is 4.79 Å². The number of nitrogens with zero attached hydrogens (tertiary/aromatic N) is 1. The Morgan fingerprint density at radius 1 is 1.19 bits per heavy atom. The summed E-state index contributed by atoms with van der Waals surface area (Å²) in [6, 6.07) is 4.66. The Labute approximate surface area is 157 Å². The highest BCUT2D eigenvalue weighted by molar-refractivity contribution is 8.00. The van der Waals surface area contributed by atoms with Crippen LogP contribution >= 0.6 is 11.8 Å². The lowest BCUT2D eigenvalue weighted by molar-refractivity contribution is -0.645. The zero-order valence-electron chi connectivity index (χ0n) is 14.9. The van der Waals surface area contributed by atoms with E-state index in [4.69, 9.17) is 0 Å². The van der Waals surface area contributed by atoms with E-state index in [9.17, 15) is 14.8 Å². The average molecular weight is 375 g/mol. The highest BCUT2D eigenvalue weighted by Gasteiger charge is 2.51. The van der Waals surface area contributed by atoms with Gasteiger partial charge in [0.2, 0.25) is 5.91 Å². The van der Waals surface area contributed by atoms with Gasteiger partial charge in [-0.1, -0.05) is 0 Å². The first-order valence-corrected chi connectivity index (χ1v) is 10.3. The van der Waals surface area contributed by atoms with Crippen LogP contribution in [-0.4, -0.2) is 22.7 Å². The first-order valence-electron chi connectivity index (χ1n) is 9.40. The maximum Gasteiger partial charge on any atom is 0.321 e. The highest BCUT2D eigenvalue weighted by Crippen LogP contribution is 2.55. The lowest BCUT2D eigenvalue weighted by Gasteiger charge is -2.56. The van der Waals surface area contributed by atoms with Crippen molar-refractivity contribution >= 4 is 23.7 Å². The van der Waals surface area contributed by atoms with Crippen LogP contribution in [0.3, 0.4) is 0 Å². The second-order valence-electron chi connectivity index (χ2n) is 8.27. The Morgan fingerprint density at radius 3 is 2.38 bits per heavy atom. The molecule has 4 aliphatic carbocycles. The van der Waals surface area contributed by atoms with Gasteiger partial charge in [-0.2, -0.15) is 4.73 Å². The minimum absolute atomic E-state index is 0.118. The fourth-order valence-electron chi connectivity index (χ4n) is 5.49. The molecule has 2 N–H and O–H groups in total. The molecule has 1 aromatic heterocycles. The highest BCUT2D eigenvalue weighted by atomic mass is 32.2. The minimum Gasteiger partial charge on any atom is -0.618 e. The zero-order chi connectivity index (χ0) is 18.3. The van der Waals surface area contributed by atoms with Gasteiger partial charge in [0.1, 0.15) is 0 Å². The molecule has 7 heteroatoms. The Morgan fingerprint density at radius 2 is 1.81 bits per heavy atom. The van der Waals surface area contributed by atoms with Gasteiger partial charge in [0, 0.05) is 17.7 Å². The molecule has 6 nitrogen and oxygen atoms in total. The lowest BCUT2D eigenvalue weighted by Crippen LogP contribution is -2.62. The molecular weight excluding hydrogens is 350 g/mol. The molecule has 0 aliphatic heterocycles. The summed E-state index contributed by atoms with van der Waals surface area (Å²) < 4.78 is 0.726. The van der Waals surface area contributed by atoms with Crippen LogP contribution < -0.4 is 15.4 Å². The Bertz CT molecular complexity index is 688. The molecule has 1 unspecified atom stereocenters. The molecule has 1 aromatic rings. The maximum atomic E-state index is 12.4. The van der Waals surface area contributed by atoms with Crippen LogP contribution in [0.2, 0.25) is 0 Å². The molecule has 1 atom stereocenters. The van der Waals surface area contributed by atoms with Gasteiger partial charge in [0.05, 0.1) is 5.25 Å². The fraction of sp³-hybridized carbons (Fsp3) is 0.632. The standard InChI is InChI=1S/C19H25N3O3S/c1-12(26-16-4-2-3-5-22(16)25)17(23)20-18(24)21-19-9-13-6-14(10-19)8-15(7-13)11-19/h2-5,12-15H,6-11H2,1H3,(H2,20,21,23,24). The second-order valence-corrected chi connectivity index (χ2v) is 9.63. The normalized spacial score (nSPS) is 32.9.